The predicted octanol–water partition coefficient (Wildman–Crippen LogP) is 25.2. The number of esters is 3. The minimum absolute atomic E-state index is 0.0691. The molecule has 1 unspecified atom stereocenters. The standard InChI is InChI=1S/C77H138O6/c1-4-7-10-13-16-19-22-24-26-28-30-31-32-33-34-35-36-37-38-39-40-41-42-43-44-45-47-48-50-52-55-58-61-64-67-70-76(79)82-73-74(72-81-75(78)69-66-63-60-57-54-21-18-15-12-9-6-3)83-77(80)71-68-65-62-59-56-53-51-49-46-29-27-25-23-20-17-14-11-8-5-2/h7,10,16,19,24-27,30-31,33-34,74H,4-6,8-9,11-15,17-18,20-23,28-29,32,35-73H2,1-3H3/b10-7-,19-16-,26-24-,27-25-,31-30-,34-33-. The quantitative estimate of drug-likeness (QED) is 0.0261. The van der Waals surface area contributed by atoms with E-state index in [0.29, 0.717) is 19.3 Å². The molecule has 6 heteroatoms. The molecule has 0 bridgehead atoms. The molecule has 0 spiro atoms. The van der Waals surface area contributed by atoms with Gasteiger partial charge < -0.3 is 14.2 Å². The molecule has 0 radical (unpaired) electrons. The molecular weight excluding hydrogens is 1020 g/mol. The largest absolute Gasteiger partial charge is 0.462 e. The molecule has 0 aliphatic rings. The number of rotatable bonds is 67. The molecule has 0 aromatic heterocycles. The van der Waals surface area contributed by atoms with Crippen LogP contribution in [-0.2, 0) is 28.6 Å². The van der Waals surface area contributed by atoms with Gasteiger partial charge in [-0.3, -0.25) is 14.4 Å². The van der Waals surface area contributed by atoms with E-state index in [2.05, 4.69) is 93.7 Å². The number of hydrogen-bond donors (Lipinski definition) is 0. The van der Waals surface area contributed by atoms with Gasteiger partial charge in [0, 0.05) is 19.3 Å². The summed E-state index contributed by atoms with van der Waals surface area (Å²) in [5.74, 6) is -0.847. The Bertz CT molecular complexity index is 1520. The lowest BCUT2D eigenvalue weighted by Crippen LogP contribution is -2.30. The Morgan fingerprint density at radius 2 is 0.470 bits per heavy atom. The summed E-state index contributed by atoms with van der Waals surface area (Å²) in [4.78, 5) is 38.4. The van der Waals surface area contributed by atoms with Gasteiger partial charge in [0.2, 0.25) is 0 Å². The van der Waals surface area contributed by atoms with E-state index in [4.69, 9.17) is 14.2 Å². The summed E-state index contributed by atoms with van der Waals surface area (Å²) >= 11 is 0. The van der Waals surface area contributed by atoms with Crippen molar-refractivity contribution in [3.63, 3.8) is 0 Å². The lowest BCUT2D eigenvalue weighted by Gasteiger charge is -2.18. The molecule has 1 atom stereocenters. The van der Waals surface area contributed by atoms with Crippen LogP contribution in [0.2, 0.25) is 0 Å². The van der Waals surface area contributed by atoms with Crippen molar-refractivity contribution in [1.82, 2.24) is 0 Å². The van der Waals surface area contributed by atoms with Gasteiger partial charge in [-0.05, 0) is 89.9 Å². The van der Waals surface area contributed by atoms with Gasteiger partial charge in [0.25, 0.3) is 0 Å². The SMILES string of the molecule is CC/C=C\C/C=C\C/C=C\C/C=C\C/C=C\CCCCCCCCCCCCCCCCCCCCCC(=O)OCC(COC(=O)CCCCCCCCCCCCC)OC(=O)CCCCCCCCCCC/C=C\CCCCCCCC. The molecule has 0 amide bonds. The van der Waals surface area contributed by atoms with Crippen molar-refractivity contribution >= 4 is 17.9 Å². The highest BCUT2D eigenvalue weighted by Gasteiger charge is 2.19. The Kier molecular flexibility index (Phi) is 68.6. The van der Waals surface area contributed by atoms with Crippen LogP contribution in [0.15, 0.2) is 72.9 Å². The summed E-state index contributed by atoms with van der Waals surface area (Å²) in [5.41, 5.74) is 0. The maximum absolute atomic E-state index is 12.9. The zero-order chi connectivity index (χ0) is 59.9. The summed E-state index contributed by atoms with van der Waals surface area (Å²) in [6.45, 7) is 6.57. The highest BCUT2D eigenvalue weighted by atomic mass is 16.6. The monoisotopic (exact) mass is 1160 g/mol. The van der Waals surface area contributed by atoms with E-state index in [9.17, 15) is 14.4 Å². The van der Waals surface area contributed by atoms with Crippen molar-refractivity contribution in [2.24, 2.45) is 0 Å². The van der Waals surface area contributed by atoms with Crippen molar-refractivity contribution in [2.75, 3.05) is 13.2 Å². The normalized spacial score (nSPS) is 12.5. The van der Waals surface area contributed by atoms with Gasteiger partial charge in [-0.25, -0.2) is 0 Å². The number of allylic oxidation sites excluding steroid dienone is 12. The summed E-state index contributed by atoms with van der Waals surface area (Å²) in [6, 6.07) is 0. The van der Waals surface area contributed by atoms with Crippen LogP contribution in [0.5, 0.6) is 0 Å². The smallest absolute Gasteiger partial charge is 0.306 e. The van der Waals surface area contributed by atoms with Crippen LogP contribution in [0.3, 0.4) is 0 Å². The zero-order valence-corrected chi connectivity index (χ0v) is 55.5. The van der Waals surface area contributed by atoms with Crippen LogP contribution < -0.4 is 0 Å². The summed E-state index contributed by atoms with van der Waals surface area (Å²) in [6.07, 6.45) is 93.8. The summed E-state index contributed by atoms with van der Waals surface area (Å²) in [5, 5.41) is 0. The van der Waals surface area contributed by atoms with Crippen LogP contribution in [0.25, 0.3) is 0 Å². The number of hydrogen-bond acceptors (Lipinski definition) is 6. The van der Waals surface area contributed by atoms with Crippen LogP contribution in [0.1, 0.15) is 380 Å². The Hall–Kier alpha value is -3.15. The Morgan fingerprint density at radius 3 is 0.747 bits per heavy atom. The van der Waals surface area contributed by atoms with Crippen molar-refractivity contribution in [1.29, 1.82) is 0 Å². The molecule has 0 aliphatic heterocycles. The lowest BCUT2D eigenvalue weighted by atomic mass is 10.0. The van der Waals surface area contributed by atoms with Gasteiger partial charge in [-0.1, -0.05) is 344 Å². The molecule has 6 nitrogen and oxygen atoms in total. The van der Waals surface area contributed by atoms with E-state index in [1.807, 2.05) is 0 Å². The Balaban J connectivity index is 4.09. The second kappa shape index (κ2) is 71.3. The first-order valence-corrected chi connectivity index (χ1v) is 36.4. The van der Waals surface area contributed by atoms with Crippen molar-refractivity contribution in [3.8, 4) is 0 Å². The van der Waals surface area contributed by atoms with Crippen LogP contribution in [-0.4, -0.2) is 37.2 Å². The molecule has 0 saturated carbocycles. The van der Waals surface area contributed by atoms with Gasteiger partial charge in [0.1, 0.15) is 13.2 Å². The maximum atomic E-state index is 12.9. The van der Waals surface area contributed by atoms with Crippen molar-refractivity contribution < 1.29 is 28.6 Å². The molecule has 0 aliphatic carbocycles. The van der Waals surface area contributed by atoms with Gasteiger partial charge in [0.15, 0.2) is 6.10 Å². The first-order valence-electron chi connectivity index (χ1n) is 36.4. The third kappa shape index (κ3) is 69.5. The molecule has 0 aromatic rings. The summed E-state index contributed by atoms with van der Waals surface area (Å²) < 4.78 is 17.0. The minimum atomic E-state index is -0.772. The highest BCUT2D eigenvalue weighted by molar-refractivity contribution is 5.71. The molecule has 0 rings (SSSR count). The second-order valence-corrected chi connectivity index (χ2v) is 24.5. The zero-order valence-electron chi connectivity index (χ0n) is 55.5. The Morgan fingerprint density at radius 1 is 0.253 bits per heavy atom. The average Bonchev–Trinajstić information content (AvgIpc) is 3.48. The number of carbonyl (C=O) groups is 3. The van der Waals surface area contributed by atoms with Crippen molar-refractivity contribution in [2.45, 2.75) is 386 Å². The fraction of sp³-hybridized carbons (Fsp3) is 0.805. The van der Waals surface area contributed by atoms with E-state index in [1.165, 1.54) is 250 Å². The molecule has 482 valence electrons. The van der Waals surface area contributed by atoms with Gasteiger partial charge >= 0.3 is 17.9 Å². The van der Waals surface area contributed by atoms with E-state index in [-0.39, 0.29) is 31.1 Å². The van der Waals surface area contributed by atoms with E-state index >= 15 is 0 Å². The minimum Gasteiger partial charge on any atom is -0.462 e. The van der Waals surface area contributed by atoms with Gasteiger partial charge in [-0.2, -0.15) is 0 Å². The molecular formula is C77H138O6. The first kappa shape index (κ1) is 79.8. The van der Waals surface area contributed by atoms with Gasteiger partial charge in [0.05, 0.1) is 0 Å². The molecule has 83 heavy (non-hydrogen) atoms. The Labute approximate surface area is 516 Å². The van der Waals surface area contributed by atoms with E-state index in [1.54, 1.807) is 0 Å². The first-order chi connectivity index (χ1) is 41.0. The third-order valence-corrected chi connectivity index (χ3v) is 16.2. The number of carbonyl (C=O) groups excluding carboxylic acids is 3. The highest BCUT2D eigenvalue weighted by Crippen LogP contribution is 2.18. The van der Waals surface area contributed by atoms with Crippen LogP contribution in [0, 0.1) is 0 Å². The number of unbranched alkanes of at least 4 members (excludes halogenated alkanes) is 44. The van der Waals surface area contributed by atoms with Crippen molar-refractivity contribution in [3.05, 3.63) is 72.9 Å². The summed E-state index contributed by atoms with van der Waals surface area (Å²) in [7, 11) is 0. The topological polar surface area (TPSA) is 78.9 Å². The van der Waals surface area contributed by atoms with E-state index < -0.39 is 6.10 Å². The maximum Gasteiger partial charge on any atom is 0.306 e. The number of ether oxygens (including phenoxy) is 3. The fourth-order valence-corrected chi connectivity index (χ4v) is 10.8. The third-order valence-electron chi connectivity index (χ3n) is 16.2. The predicted molar refractivity (Wildman–Crippen MR) is 362 cm³/mol. The molecule has 0 N–H and O–H groups in total. The second-order valence-electron chi connectivity index (χ2n) is 24.5. The van der Waals surface area contributed by atoms with Gasteiger partial charge in [-0.15, -0.1) is 0 Å². The lowest BCUT2D eigenvalue weighted by molar-refractivity contribution is -0.167. The van der Waals surface area contributed by atoms with E-state index in [0.717, 1.165) is 89.9 Å². The molecule has 0 heterocycles. The van der Waals surface area contributed by atoms with Crippen LogP contribution >= 0.6 is 0 Å². The van der Waals surface area contributed by atoms with Crippen LogP contribution in [0.4, 0.5) is 0 Å². The molecule has 0 fully saturated rings. The molecule has 0 saturated heterocycles. The molecule has 0 aromatic carbocycles. The fourth-order valence-electron chi connectivity index (χ4n) is 10.8. The average molecular weight is 1160 g/mol.